The van der Waals surface area contributed by atoms with E-state index in [1.165, 1.54) is 12.8 Å². The van der Waals surface area contributed by atoms with Crippen molar-refractivity contribution in [2.45, 2.75) is 18.9 Å². The Morgan fingerprint density at radius 2 is 2.42 bits per heavy atom. The van der Waals surface area contributed by atoms with Crippen LogP contribution in [0.3, 0.4) is 0 Å². The van der Waals surface area contributed by atoms with Gasteiger partial charge in [-0.05, 0) is 24.3 Å². The van der Waals surface area contributed by atoms with Crippen LogP contribution in [0.4, 0.5) is 0 Å². The topological polar surface area (TPSA) is 51.0 Å². The lowest BCUT2D eigenvalue weighted by Gasteiger charge is -2.05. The van der Waals surface area contributed by atoms with Crippen LogP contribution in [0.25, 0.3) is 0 Å². The third-order valence-electron chi connectivity index (χ3n) is 2.41. The Kier molecular flexibility index (Phi) is 1.81. The van der Waals surface area contributed by atoms with Gasteiger partial charge >= 0.3 is 0 Å². The van der Waals surface area contributed by atoms with Crippen LogP contribution < -0.4 is 10.5 Å². The van der Waals surface area contributed by atoms with Gasteiger partial charge in [-0.25, -0.2) is 0 Å². The summed E-state index contributed by atoms with van der Waals surface area (Å²) in [5, 5.41) is 0. The molecule has 3 nitrogen and oxygen atoms in total. The van der Waals surface area contributed by atoms with Gasteiger partial charge in [0.05, 0.1) is 7.11 Å². The highest BCUT2D eigenvalue weighted by molar-refractivity contribution is 5.25. The molecule has 3 N–H and O–H groups in total. The second-order valence-corrected chi connectivity index (χ2v) is 3.36. The van der Waals surface area contributed by atoms with Crippen molar-refractivity contribution in [1.82, 2.24) is 4.98 Å². The van der Waals surface area contributed by atoms with Gasteiger partial charge in [0.2, 0.25) is 0 Å². The molecule has 1 aromatic rings. The zero-order chi connectivity index (χ0) is 8.55. The summed E-state index contributed by atoms with van der Waals surface area (Å²) >= 11 is 0. The van der Waals surface area contributed by atoms with E-state index in [-0.39, 0.29) is 6.04 Å². The van der Waals surface area contributed by atoms with Crippen molar-refractivity contribution < 1.29 is 4.74 Å². The SMILES string of the molecule is COc1cc([C@H](N)C2CC2)c[nH]1. The maximum absolute atomic E-state index is 5.99. The molecule has 0 aliphatic heterocycles. The van der Waals surface area contributed by atoms with Crippen molar-refractivity contribution in [3.05, 3.63) is 17.8 Å². The van der Waals surface area contributed by atoms with Gasteiger partial charge in [-0.15, -0.1) is 0 Å². The summed E-state index contributed by atoms with van der Waals surface area (Å²) in [4.78, 5) is 3.02. The van der Waals surface area contributed by atoms with Crippen molar-refractivity contribution in [3.8, 4) is 5.88 Å². The van der Waals surface area contributed by atoms with Crippen LogP contribution in [0.2, 0.25) is 0 Å². The van der Waals surface area contributed by atoms with Crippen molar-refractivity contribution in [3.63, 3.8) is 0 Å². The quantitative estimate of drug-likeness (QED) is 0.713. The molecule has 1 heterocycles. The third-order valence-corrected chi connectivity index (χ3v) is 2.41. The first-order chi connectivity index (χ1) is 5.81. The van der Waals surface area contributed by atoms with Crippen LogP contribution in [0.15, 0.2) is 12.3 Å². The lowest BCUT2D eigenvalue weighted by atomic mass is 10.1. The van der Waals surface area contributed by atoms with E-state index in [0.29, 0.717) is 5.92 Å². The summed E-state index contributed by atoms with van der Waals surface area (Å²) < 4.78 is 5.03. The lowest BCUT2D eigenvalue weighted by molar-refractivity contribution is 0.400. The van der Waals surface area contributed by atoms with Crippen LogP contribution in [0, 0.1) is 5.92 Å². The Morgan fingerprint density at radius 3 is 2.92 bits per heavy atom. The average Bonchev–Trinajstić information content (AvgIpc) is 2.82. The summed E-state index contributed by atoms with van der Waals surface area (Å²) in [6, 6.07) is 2.17. The van der Waals surface area contributed by atoms with E-state index in [2.05, 4.69) is 4.98 Å². The minimum absolute atomic E-state index is 0.199. The predicted octanol–water partition coefficient (Wildman–Crippen LogP) is 1.43. The molecular weight excluding hydrogens is 152 g/mol. The predicted molar refractivity (Wildman–Crippen MR) is 47.0 cm³/mol. The maximum atomic E-state index is 5.99. The fraction of sp³-hybridized carbons (Fsp3) is 0.556. The molecular formula is C9H14N2O. The molecule has 0 unspecified atom stereocenters. The second kappa shape index (κ2) is 2.83. The molecule has 1 aromatic heterocycles. The smallest absolute Gasteiger partial charge is 0.190 e. The number of nitrogens with one attached hydrogen (secondary N) is 1. The molecule has 66 valence electrons. The third kappa shape index (κ3) is 1.32. The molecule has 3 heteroatoms. The summed E-state index contributed by atoms with van der Waals surface area (Å²) in [6.07, 6.45) is 4.48. The summed E-state index contributed by atoms with van der Waals surface area (Å²) in [6.45, 7) is 0. The number of nitrogens with two attached hydrogens (primary N) is 1. The highest BCUT2D eigenvalue weighted by Gasteiger charge is 2.29. The molecule has 0 saturated heterocycles. The van der Waals surface area contributed by atoms with Crippen LogP contribution in [0.5, 0.6) is 5.88 Å². The lowest BCUT2D eigenvalue weighted by Crippen LogP contribution is -2.10. The minimum Gasteiger partial charge on any atom is -0.482 e. The molecule has 0 bridgehead atoms. The van der Waals surface area contributed by atoms with Gasteiger partial charge in [-0.1, -0.05) is 0 Å². The summed E-state index contributed by atoms with van der Waals surface area (Å²) in [5.74, 6) is 1.49. The molecule has 0 spiro atoms. The van der Waals surface area contributed by atoms with Crippen molar-refractivity contribution in [1.29, 1.82) is 0 Å². The van der Waals surface area contributed by atoms with Crippen LogP contribution in [-0.4, -0.2) is 12.1 Å². The van der Waals surface area contributed by atoms with Crippen LogP contribution in [0.1, 0.15) is 24.4 Å². The zero-order valence-electron chi connectivity index (χ0n) is 7.21. The second-order valence-electron chi connectivity index (χ2n) is 3.36. The van der Waals surface area contributed by atoms with E-state index in [1.54, 1.807) is 7.11 Å². The van der Waals surface area contributed by atoms with Gasteiger partial charge in [0.1, 0.15) is 0 Å². The largest absolute Gasteiger partial charge is 0.482 e. The monoisotopic (exact) mass is 166 g/mol. The van der Waals surface area contributed by atoms with Gasteiger partial charge in [0.25, 0.3) is 0 Å². The minimum atomic E-state index is 0.199. The number of aromatic amines is 1. The Hall–Kier alpha value is -0.960. The van der Waals surface area contributed by atoms with Gasteiger partial charge in [0, 0.05) is 18.3 Å². The molecule has 0 amide bonds. The van der Waals surface area contributed by atoms with Crippen molar-refractivity contribution in [2.75, 3.05) is 7.11 Å². The Bertz CT molecular complexity index is 265. The summed E-state index contributed by atoms with van der Waals surface area (Å²) in [7, 11) is 1.65. The number of hydrogen-bond acceptors (Lipinski definition) is 2. The van der Waals surface area contributed by atoms with Gasteiger partial charge in [-0.3, -0.25) is 0 Å². The zero-order valence-corrected chi connectivity index (χ0v) is 7.21. The highest BCUT2D eigenvalue weighted by Crippen LogP contribution is 2.39. The van der Waals surface area contributed by atoms with Gasteiger partial charge in [-0.2, -0.15) is 0 Å². The first kappa shape index (κ1) is 7.68. The van der Waals surface area contributed by atoms with E-state index in [4.69, 9.17) is 10.5 Å². The number of methoxy groups -OCH3 is 1. The summed E-state index contributed by atoms with van der Waals surface area (Å²) in [5.41, 5.74) is 7.15. The molecule has 1 fully saturated rings. The number of ether oxygens (including phenoxy) is 1. The number of aromatic nitrogens is 1. The fourth-order valence-corrected chi connectivity index (χ4v) is 1.43. The molecule has 1 atom stereocenters. The van der Waals surface area contributed by atoms with E-state index < -0.39 is 0 Å². The van der Waals surface area contributed by atoms with Gasteiger partial charge in [0.15, 0.2) is 5.88 Å². The van der Waals surface area contributed by atoms with Gasteiger partial charge < -0.3 is 15.5 Å². The number of rotatable bonds is 3. The molecule has 12 heavy (non-hydrogen) atoms. The highest BCUT2D eigenvalue weighted by atomic mass is 16.5. The standard InChI is InChI=1S/C9H14N2O/c1-12-8-4-7(5-11-8)9(10)6-2-3-6/h4-6,9,11H,2-3,10H2,1H3/t9-/m1/s1. The van der Waals surface area contributed by atoms with E-state index in [9.17, 15) is 0 Å². The molecule has 1 aliphatic rings. The molecule has 1 saturated carbocycles. The first-order valence-electron chi connectivity index (χ1n) is 4.29. The fourth-order valence-electron chi connectivity index (χ4n) is 1.43. The molecule has 1 aliphatic carbocycles. The first-order valence-corrected chi connectivity index (χ1v) is 4.29. The Morgan fingerprint density at radius 1 is 1.67 bits per heavy atom. The van der Waals surface area contributed by atoms with Crippen LogP contribution >= 0.6 is 0 Å². The van der Waals surface area contributed by atoms with E-state index >= 15 is 0 Å². The van der Waals surface area contributed by atoms with E-state index in [0.717, 1.165) is 11.4 Å². The van der Waals surface area contributed by atoms with Crippen molar-refractivity contribution >= 4 is 0 Å². The number of hydrogen-bond donors (Lipinski definition) is 2. The van der Waals surface area contributed by atoms with Crippen molar-refractivity contribution in [2.24, 2.45) is 11.7 Å². The maximum Gasteiger partial charge on any atom is 0.190 e. The van der Waals surface area contributed by atoms with E-state index in [1.807, 2.05) is 12.3 Å². The molecule has 2 rings (SSSR count). The van der Waals surface area contributed by atoms with Crippen LogP contribution in [-0.2, 0) is 0 Å². The Balaban J connectivity index is 2.10. The average molecular weight is 166 g/mol. The Labute approximate surface area is 71.9 Å². The normalized spacial score (nSPS) is 19.2. The molecule has 0 radical (unpaired) electrons. The molecule has 0 aromatic carbocycles. The number of H-pyrrole nitrogens is 1.